The molecule has 33 heavy (non-hydrogen) atoms. The van der Waals surface area contributed by atoms with E-state index in [9.17, 15) is 13.2 Å². The number of carbonyl (C=O) groups is 1. The van der Waals surface area contributed by atoms with Crippen molar-refractivity contribution in [2.24, 2.45) is 7.05 Å². The third-order valence-electron chi connectivity index (χ3n) is 5.94. The van der Waals surface area contributed by atoms with Gasteiger partial charge in [-0.15, -0.1) is 0 Å². The molecule has 0 aliphatic carbocycles. The number of nitrogens with one attached hydrogen (secondary N) is 1. The van der Waals surface area contributed by atoms with Gasteiger partial charge in [0.15, 0.2) is 14.6 Å². The van der Waals surface area contributed by atoms with Gasteiger partial charge in [0.05, 0.1) is 20.1 Å². The zero-order valence-electron chi connectivity index (χ0n) is 18.1. The Hall–Kier alpha value is -1.72. The average molecular weight is 572 g/mol. The van der Waals surface area contributed by atoms with Crippen LogP contribution in [0.3, 0.4) is 0 Å². The molecule has 0 unspecified atom stereocenters. The van der Waals surface area contributed by atoms with Crippen LogP contribution in [0.2, 0.25) is 5.02 Å². The number of piperazine rings is 1. The van der Waals surface area contributed by atoms with Crippen LogP contribution in [0.5, 0.6) is 0 Å². The van der Waals surface area contributed by atoms with Gasteiger partial charge in [-0.3, -0.25) is 15.1 Å². The SMILES string of the molecule is Cn1c(CN2CCN(C(=O)CCS(=O)(=O)c3ccc4cc(Cl)ccc4c3)CC2)c(Br)sc1=N. The van der Waals surface area contributed by atoms with E-state index >= 15 is 0 Å². The Morgan fingerprint density at radius 2 is 1.79 bits per heavy atom. The highest BCUT2D eigenvalue weighted by molar-refractivity contribution is 9.11. The highest BCUT2D eigenvalue weighted by Gasteiger charge is 2.24. The first-order chi connectivity index (χ1) is 15.6. The fourth-order valence-electron chi connectivity index (χ4n) is 3.89. The molecule has 1 amide bonds. The zero-order chi connectivity index (χ0) is 23.8. The second kappa shape index (κ2) is 9.87. The van der Waals surface area contributed by atoms with E-state index in [1.54, 1.807) is 41.3 Å². The Morgan fingerprint density at radius 3 is 2.45 bits per heavy atom. The number of aromatic nitrogens is 1. The van der Waals surface area contributed by atoms with Crippen LogP contribution in [0, 0.1) is 5.41 Å². The van der Waals surface area contributed by atoms with Crippen LogP contribution in [0.4, 0.5) is 0 Å². The van der Waals surface area contributed by atoms with Crippen LogP contribution in [0.15, 0.2) is 45.1 Å². The van der Waals surface area contributed by atoms with Crippen LogP contribution < -0.4 is 4.80 Å². The number of carbonyl (C=O) groups excluding carboxylic acids is 1. The van der Waals surface area contributed by atoms with Crippen LogP contribution in [-0.2, 0) is 28.2 Å². The number of amides is 1. The molecule has 176 valence electrons. The third-order valence-corrected chi connectivity index (χ3v) is 9.71. The van der Waals surface area contributed by atoms with Crippen molar-refractivity contribution in [3.05, 3.63) is 55.7 Å². The Kier molecular flexibility index (Phi) is 7.30. The minimum absolute atomic E-state index is 0.0335. The van der Waals surface area contributed by atoms with Crippen molar-refractivity contribution in [3.8, 4) is 0 Å². The Labute approximate surface area is 210 Å². The molecule has 7 nitrogen and oxygen atoms in total. The van der Waals surface area contributed by atoms with Crippen molar-refractivity contribution in [1.29, 1.82) is 5.41 Å². The number of hydrogen-bond acceptors (Lipinski definition) is 6. The molecule has 2 heterocycles. The van der Waals surface area contributed by atoms with E-state index in [4.69, 9.17) is 17.0 Å². The summed E-state index contributed by atoms with van der Waals surface area (Å²) in [5.41, 5.74) is 1.05. The molecule has 11 heteroatoms. The molecule has 1 aliphatic rings. The second-order valence-corrected chi connectivity index (χ2v) is 12.9. The number of rotatable bonds is 6. The molecule has 1 N–H and O–H groups in total. The maximum atomic E-state index is 12.8. The number of thiazole rings is 1. The van der Waals surface area contributed by atoms with Crippen molar-refractivity contribution in [1.82, 2.24) is 14.4 Å². The molecule has 1 aliphatic heterocycles. The Bertz CT molecular complexity index is 1360. The fourth-order valence-corrected chi connectivity index (χ4v) is 6.92. The maximum Gasteiger partial charge on any atom is 0.223 e. The molecule has 0 bridgehead atoms. The predicted octanol–water partition coefficient (Wildman–Crippen LogP) is 3.64. The smallest absolute Gasteiger partial charge is 0.223 e. The van der Waals surface area contributed by atoms with E-state index in [1.165, 1.54) is 11.3 Å². The summed E-state index contributed by atoms with van der Waals surface area (Å²) in [4.78, 5) is 17.4. The van der Waals surface area contributed by atoms with Crippen LogP contribution in [-0.4, -0.2) is 60.6 Å². The monoisotopic (exact) mass is 570 g/mol. The lowest BCUT2D eigenvalue weighted by Crippen LogP contribution is -2.48. The molecule has 0 atom stereocenters. The summed E-state index contributed by atoms with van der Waals surface area (Å²) in [6, 6.07) is 10.3. The molecule has 3 aromatic rings. The summed E-state index contributed by atoms with van der Waals surface area (Å²) in [6.45, 7) is 3.25. The minimum Gasteiger partial charge on any atom is -0.340 e. The largest absolute Gasteiger partial charge is 0.340 e. The van der Waals surface area contributed by atoms with Gasteiger partial charge in [0, 0.05) is 51.2 Å². The first kappa shape index (κ1) is 24.4. The highest BCUT2D eigenvalue weighted by Crippen LogP contribution is 2.24. The van der Waals surface area contributed by atoms with E-state index in [1.807, 2.05) is 11.6 Å². The average Bonchev–Trinajstić information content (AvgIpc) is 3.03. The molecule has 0 radical (unpaired) electrons. The summed E-state index contributed by atoms with van der Waals surface area (Å²) >= 11 is 10.9. The summed E-state index contributed by atoms with van der Waals surface area (Å²) in [7, 11) is -1.69. The van der Waals surface area contributed by atoms with Gasteiger partial charge < -0.3 is 9.47 Å². The maximum absolute atomic E-state index is 12.8. The van der Waals surface area contributed by atoms with Crippen molar-refractivity contribution < 1.29 is 13.2 Å². The summed E-state index contributed by atoms with van der Waals surface area (Å²) in [5, 5.41) is 10.2. The Morgan fingerprint density at radius 1 is 1.12 bits per heavy atom. The molecule has 0 spiro atoms. The van der Waals surface area contributed by atoms with E-state index < -0.39 is 9.84 Å². The van der Waals surface area contributed by atoms with Gasteiger partial charge in [0.25, 0.3) is 0 Å². The van der Waals surface area contributed by atoms with E-state index in [2.05, 4.69) is 20.8 Å². The van der Waals surface area contributed by atoms with Crippen LogP contribution in [0.1, 0.15) is 12.1 Å². The molecule has 1 aromatic heterocycles. The van der Waals surface area contributed by atoms with Crippen molar-refractivity contribution in [2.75, 3.05) is 31.9 Å². The van der Waals surface area contributed by atoms with Crippen molar-refractivity contribution >= 4 is 65.4 Å². The number of nitrogens with zero attached hydrogens (tertiary/aromatic N) is 3. The molecule has 1 fully saturated rings. The number of fused-ring (bicyclic) bond motifs is 1. The van der Waals surface area contributed by atoms with Crippen LogP contribution in [0.25, 0.3) is 10.8 Å². The number of halogens is 2. The predicted molar refractivity (Wildman–Crippen MR) is 134 cm³/mol. The summed E-state index contributed by atoms with van der Waals surface area (Å²) in [6.07, 6.45) is -0.0335. The van der Waals surface area contributed by atoms with E-state index in [-0.39, 0.29) is 23.0 Å². The molecule has 4 rings (SSSR count). The lowest BCUT2D eigenvalue weighted by molar-refractivity contribution is -0.132. The standard InChI is InChI=1S/C22H24BrClN4O3S2/c1-26-19(21(23)32-22(26)25)14-27-7-9-28(10-8-27)20(29)6-11-33(30,31)18-5-3-15-12-17(24)4-2-16(15)13-18/h2-5,12-13,25H,6-11,14H2,1H3. The number of sulfone groups is 1. The first-order valence-electron chi connectivity index (χ1n) is 10.4. The zero-order valence-corrected chi connectivity index (χ0v) is 22.0. The Balaban J connectivity index is 1.32. The van der Waals surface area contributed by atoms with Gasteiger partial charge in [0.1, 0.15) is 0 Å². The van der Waals surface area contributed by atoms with Gasteiger partial charge in [-0.1, -0.05) is 35.1 Å². The normalized spacial score (nSPS) is 15.3. The molecular weight excluding hydrogens is 548 g/mol. The first-order valence-corrected chi connectivity index (χ1v) is 14.1. The molecule has 1 saturated heterocycles. The lowest BCUT2D eigenvalue weighted by atomic mass is 10.1. The van der Waals surface area contributed by atoms with Gasteiger partial charge >= 0.3 is 0 Å². The van der Waals surface area contributed by atoms with Gasteiger partial charge in [-0.2, -0.15) is 0 Å². The van der Waals surface area contributed by atoms with E-state index in [0.29, 0.717) is 42.5 Å². The molecular formula is C22H24BrClN4O3S2. The number of hydrogen-bond donors (Lipinski definition) is 1. The number of benzene rings is 2. The van der Waals surface area contributed by atoms with Crippen molar-refractivity contribution in [2.45, 2.75) is 17.9 Å². The van der Waals surface area contributed by atoms with Gasteiger partial charge in [-0.25, -0.2) is 8.42 Å². The molecule has 0 saturated carbocycles. The summed E-state index contributed by atoms with van der Waals surface area (Å²) in [5.74, 6) is -0.351. The lowest BCUT2D eigenvalue weighted by Gasteiger charge is -2.34. The highest BCUT2D eigenvalue weighted by atomic mass is 79.9. The molecule has 2 aromatic carbocycles. The van der Waals surface area contributed by atoms with Gasteiger partial charge in [-0.05, 0) is 51.0 Å². The quantitative estimate of drug-likeness (QED) is 0.490. The van der Waals surface area contributed by atoms with Gasteiger partial charge in [0.2, 0.25) is 5.91 Å². The van der Waals surface area contributed by atoms with Crippen molar-refractivity contribution in [3.63, 3.8) is 0 Å². The van der Waals surface area contributed by atoms with E-state index in [0.717, 1.165) is 20.3 Å². The minimum atomic E-state index is -3.57. The fraction of sp³-hybridized carbons (Fsp3) is 0.364. The third kappa shape index (κ3) is 5.51. The second-order valence-electron chi connectivity index (χ2n) is 8.07. The van der Waals surface area contributed by atoms with Crippen LogP contribution >= 0.6 is 38.9 Å². The summed E-state index contributed by atoms with van der Waals surface area (Å²) < 4.78 is 28.5. The topological polar surface area (TPSA) is 86.5 Å².